The second-order valence-corrected chi connectivity index (χ2v) is 6.33. The lowest BCUT2D eigenvalue weighted by Crippen LogP contribution is -2.29. The summed E-state index contributed by atoms with van der Waals surface area (Å²) in [6.45, 7) is 3.97. The first-order valence-electron chi connectivity index (χ1n) is 8.11. The number of nitrogens with one attached hydrogen (secondary N) is 2. The zero-order chi connectivity index (χ0) is 20.5. The van der Waals surface area contributed by atoms with E-state index in [0.717, 1.165) is 17.5 Å². The minimum absolute atomic E-state index is 0.0353. The lowest BCUT2D eigenvalue weighted by molar-refractivity contribution is -0.137. The van der Waals surface area contributed by atoms with E-state index in [0.29, 0.717) is 12.0 Å². The molecule has 0 aliphatic heterocycles. The fraction of sp³-hybridized carbons (Fsp3) is 0.312. The third-order valence-electron chi connectivity index (χ3n) is 3.69. The summed E-state index contributed by atoms with van der Waals surface area (Å²) < 4.78 is 39.3. The maximum Gasteiger partial charge on any atom is 0.417 e. The molecule has 2 N–H and O–H groups in total. The van der Waals surface area contributed by atoms with Crippen LogP contribution in [0, 0.1) is 13.8 Å². The highest BCUT2D eigenvalue weighted by molar-refractivity contribution is 6.32. The normalized spacial score (nSPS) is 11.6. The molecule has 0 unspecified atom stereocenters. The number of carbonyl (C=O) groups is 1. The molecule has 0 aromatic carbocycles. The Bertz CT molecular complexity index is 1030. The van der Waals surface area contributed by atoms with Crippen LogP contribution in [-0.4, -0.2) is 43.6 Å². The highest BCUT2D eigenvalue weighted by Crippen LogP contribution is 2.32. The van der Waals surface area contributed by atoms with Gasteiger partial charge in [-0.3, -0.25) is 4.79 Å². The van der Waals surface area contributed by atoms with E-state index in [-0.39, 0.29) is 29.8 Å². The number of hydrogen-bond acceptors (Lipinski definition) is 6. The molecule has 0 atom stereocenters. The molecule has 0 spiro atoms. The minimum atomic E-state index is -4.52. The lowest BCUT2D eigenvalue weighted by atomic mass is 10.3. The fourth-order valence-corrected chi connectivity index (χ4v) is 2.65. The molecule has 0 bridgehead atoms. The number of carbonyl (C=O) groups excluding carboxylic acids is 1. The Morgan fingerprint density at radius 1 is 1.21 bits per heavy atom. The highest BCUT2D eigenvalue weighted by Gasteiger charge is 2.31. The van der Waals surface area contributed by atoms with E-state index in [2.05, 4.69) is 30.7 Å². The molecular formula is C16H15ClF3N7O. The summed E-state index contributed by atoms with van der Waals surface area (Å²) in [7, 11) is 0. The third kappa shape index (κ3) is 4.30. The van der Waals surface area contributed by atoms with Crippen molar-refractivity contribution in [3.05, 3.63) is 46.1 Å². The monoisotopic (exact) mass is 413 g/mol. The zero-order valence-corrected chi connectivity index (χ0v) is 15.6. The Morgan fingerprint density at radius 2 is 1.96 bits per heavy atom. The topological polar surface area (TPSA) is 97.1 Å². The smallest absolute Gasteiger partial charge is 0.367 e. The van der Waals surface area contributed by atoms with Crippen molar-refractivity contribution >= 4 is 29.1 Å². The van der Waals surface area contributed by atoms with Crippen molar-refractivity contribution in [3.63, 3.8) is 0 Å². The number of pyridine rings is 1. The van der Waals surface area contributed by atoms with Gasteiger partial charge in [-0.15, -0.1) is 5.10 Å². The van der Waals surface area contributed by atoms with Crippen LogP contribution in [0.5, 0.6) is 0 Å². The molecule has 0 radical (unpaired) electrons. The van der Waals surface area contributed by atoms with Crippen molar-refractivity contribution < 1.29 is 18.0 Å². The molecule has 12 heteroatoms. The van der Waals surface area contributed by atoms with E-state index < -0.39 is 17.6 Å². The first kappa shape index (κ1) is 19.8. The molecule has 0 fully saturated rings. The Kier molecular flexibility index (Phi) is 5.36. The number of hydrogen-bond donors (Lipinski definition) is 2. The van der Waals surface area contributed by atoms with E-state index in [9.17, 15) is 18.0 Å². The molecule has 3 heterocycles. The molecule has 0 aliphatic rings. The molecule has 3 aromatic heterocycles. The number of anilines is 1. The van der Waals surface area contributed by atoms with Crippen LogP contribution in [0.4, 0.5) is 19.0 Å². The molecule has 3 aromatic rings. The van der Waals surface area contributed by atoms with E-state index in [1.807, 2.05) is 19.9 Å². The van der Waals surface area contributed by atoms with Crippen LogP contribution in [0.1, 0.15) is 27.6 Å². The Labute approximate surface area is 162 Å². The highest BCUT2D eigenvalue weighted by atomic mass is 35.5. The van der Waals surface area contributed by atoms with Gasteiger partial charge in [0, 0.05) is 30.7 Å². The average Bonchev–Trinajstić information content (AvgIpc) is 3.03. The molecule has 8 nitrogen and oxygen atoms in total. The average molecular weight is 414 g/mol. The van der Waals surface area contributed by atoms with Gasteiger partial charge < -0.3 is 10.6 Å². The quantitative estimate of drug-likeness (QED) is 0.624. The van der Waals surface area contributed by atoms with Crippen molar-refractivity contribution in [3.8, 4) is 0 Å². The first-order valence-corrected chi connectivity index (χ1v) is 8.49. The summed E-state index contributed by atoms with van der Waals surface area (Å²) in [6.07, 6.45) is -3.83. The summed E-state index contributed by atoms with van der Waals surface area (Å²) in [4.78, 5) is 24.1. The summed E-state index contributed by atoms with van der Waals surface area (Å²) in [5, 5.41) is 9.30. The van der Waals surface area contributed by atoms with Crippen LogP contribution in [0.15, 0.2) is 18.3 Å². The molecule has 0 saturated heterocycles. The van der Waals surface area contributed by atoms with Crippen LogP contribution >= 0.6 is 11.6 Å². The number of fused-ring (bicyclic) bond motifs is 1. The standard InChI is InChI=1S/C16H15ClF3N7O/c1-8-5-9(2)27-15(24-8)25-13(26-27)14(28)22-4-3-21-12-11(17)6-10(7-23-12)16(18,19)20/h5-7H,3-4H2,1-2H3,(H,21,23)(H,22,28). The summed E-state index contributed by atoms with van der Waals surface area (Å²) in [5.74, 6) is -0.130. The van der Waals surface area contributed by atoms with Gasteiger partial charge in [-0.05, 0) is 26.0 Å². The van der Waals surface area contributed by atoms with Gasteiger partial charge in [-0.1, -0.05) is 11.6 Å². The minimum Gasteiger partial charge on any atom is -0.367 e. The van der Waals surface area contributed by atoms with Crippen LogP contribution in [0.2, 0.25) is 5.02 Å². The summed E-state index contributed by atoms with van der Waals surface area (Å²) in [6, 6.07) is 2.60. The molecular weight excluding hydrogens is 399 g/mol. The molecule has 0 saturated carbocycles. The van der Waals surface area contributed by atoms with Crippen LogP contribution in [0.25, 0.3) is 5.78 Å². The number of aryl methyl sites for hydroxylation is 2. The van der Waals surface area contributed by atoms with Gasteiger partial charge >= 0.3 is 6.18 Å². The van der Waals surface area contributed by atoms with Crippen molar-refractivity contribution in [2.75, 3.05) is 18.4 Å². The number of aromatic nitrogens is 5. The van der Waals surface area contributed by atoms with Gasteiger partial charge in [0.15, 0.2) is 0 Å². The largest absolute Gasteiger partial charge is 0.417 e. The molecule has 28 heavy (non-hydrogen) atoms. The molecule has 1 amide bonds. The maximum atomic E-state index is 12.6. The summed E-state index contributed by atoms with van der Waals surface area (Å²) in [5.41, 5.74) is 0.613. The number of halogens is 4. The van der Waals surface area contributed by atoms with Gasteiger partial charge in [0.2, 0.25) is 5.82 Å². The van der Waals surface area contributed by atoms with Crippen LogP contribution in [-0.2, 0) is 6.18 Å². The predicted octanol–water partition coefficient (Wildman–Crippen LogP) is 2.65. The first-order chi connectivity index (χ1) is 13.1. The Morgan fingerprint density at radius 3 is 2.64 bits per heavy atom. The van der Waals surface area contributed by atoms with Gasteiger partial charge in [-0.2, -0.15) is 18.2 Å². The third-order valence-corrected chi connectivity index (χ3v) is 3.98. The van der Waals surface area contributed by atoms with Crippen molar-refractivity contribution in [2.24, 2.45) is 0 Å². The van der Waals surface area contributed by atoms with E-state index in [4.69, 9.17) is 11.6 Å². The fourth-order valence-electron chi connectivity index (χ4n) is 2.42. The van der Waals surface area contributed by atoms with Gasteiger partial charge in [0.25, 0.3) is 11.7 Å². The Hall–Kier alpha value is -2.95. The van der Waals surface area contributed by atoms with Gasteiger partial charge in [0.1, 0.15) is 5.82 Å². The predicted molar refractivity (Wildman–Crippen MR) is 95.3 cm³/mol. The summed E-state index contributed by atoms with van der Waals surface area (Å²) >= 11 is 5.80. The second-order valence-electron chi connectivity index (χ2n) is 5.92. The van der Waals surface area contributed by atoms with Crippen LogP contribution < -0.4 is 10.6 Å². The van der Waals surface area contributed by atoms with Crippen molar-refractivity contribution in [2.45, 2.75) is 20.0 Å². The molecule has 3 rings (SSSR count). The maximum absolute atomic E-state index is 12.6. The number of nitrogens with zero attached hydrogens (tertiary/aromatic N) is 5. The van der Waals surface area contributed by atoms with Crippen molar-refractivity contribution in [1.29, 1.82) is 0 Å². The number of alkyl halides is 3. The molecule has 148 valence electrons. The number of amides is 1. The van der Waals surface area contributed by atoms with Crippen molar-refractivity contribution in [1.82, 2.24) is 29.9 Å². The SMILES string of the molecule is Cc1cc(C)n2nc(C(=O)NCCNc3ncc(C(F)(F)F)cc3Cl)nc2n1. The van der Waals surface area contributed by atoms with E-state index in [1.165, 1.54) is 4.52 Å². The zero-order valence-electron chi connectivity index (χ0n) is 14.8. The van der Waals surface area contributed by atoms with E-state index in [1.54, 1.807) is 0 Å². The van der Waals surface area contributed by atoms with Gasteiger partial charge in [-0.25, -0.2) is 14.5 Å². The second kappa shape index (κ2) is 7.58. The lowest BCUT2D eigenvalue weighted by Gasteiger charge is -2.10. The molecule has 0 aliphatic carbocycles. The van der Waals surface area contributed by atoms with E-state index >= 15 is 0 Å². The van der Waals surface area contributed by atoms with Crippen LogP contribution in [0.3, 0.4) is 0 Å². The Balaban J connectivity index is 1.57. The number of rotatable bonds is 5. The van der Waals surface area contributed by atoms with Gasteiger partial charge in [0.05, 0.1) is 10.6 Å².